The van der Waals surface area contributed by atoms with Gasteiger partial charge in [0.15, 0.2) is 5.11 Å². The Labute approximate surface area is 122 Å². The largest absolute Gasteiger partial charge is 0.416 e. The predicted octanol–water partition coefficient (Wildman–Crippen LogP) is 2.71. The molecule has 8 heteroatoms. The lowest BCUT2D eigenvalue weighted by molar-refractivity contribution is -0.137. The van der Waals surface area contributed by atoms with E-state index in [1.165, 1.54) is 17.0 Å². The van der Waals surface area contributed by atoms with E-state index in [4.69, 9.17) is 12.2 Å². The maximum Gasteiger partial charge on any atom is 0.416 e. The molecular weight excluding hydrogens is 309 g/mol. The zero-order valence-electron chi connectivity index (χ0n) is 10.1. The van der Waals surface area contributed by atoms with Gasteiger partial charge in [0, 0.05) is 5.75 Å². The molecule has 0 spiro atoms. The number of rotatable bonds is 1. The van der Waals surface area contributed by atoms with Crippen LogP contribution in [0.5, 0.6) is 0 Å². The fraction of sp³-hybridized carbons (Fsp3) is 0.333. The van der Waals surface area contributed by atoms with E-state index in [0.29, 0.717) is 11.6 Å². The SMILES string of the molecule is O=C1[C@H]2CSCN2C(=S)N1c1cccc(C(F)(F)F)c1. The number of benzene rings is 1. The summed E-state index contributed by atoms with van der Waals surface area (Å²) in [7, 11) is 0. The Kier molecular flexibility index (Phi) is 3.17. The molecule has 1 aromatic rings. The lowest BCUT2D eigenvalue weighted by Crippen LogP contribution is -2.32. The number of carbonyl (C=O) groups is 1. The van der Waals surface area contributed by atoms with Crippen molar-refractivity contribution in [2.75, 3.05) is 16.5 Å². The number of carbonyl (C=O) groups excluding carboxylic acids is 1. The molecule has 3 rings (SSSR count). The second kappa shape index (κ2) is 4.63. The lowest BCUT2D eigenvalue weighted by atomic mass is 10.2. The van der Waals surface area contributed by atoms with E-state index in [1.807, 2.05) is 0 Å². The van der Waals surface area contributed by atoms with E-state index in [-0.39, 0.29) is 22.7 Å². The number of alkyl halides is 3. The van der Waals surface area contributed by atoms with Gasteiger partial charge in [-0.2, -0.15) is 13.2 Å². The average Bonchev–Trinajstić information content (AvgIpc) is 2.94. The summed E-state index contributed by atoms with van der Waals surface area (Å²) in [5, 5.41) is 0.282. The first-order valence-corrected chi connectivity index (χ1v) is 7.35. The molecule has 2 aliphatic rings. The van der Waals surface area contributed by atoms with Crippen molar-refractivity contribution in [2.45, 2.75) is 12.2 Å². The highest BCUT2D eigenvalue weighted by molar-refractivity contribution is 7.99. The molecule has 3 nitrogen and oxygen atoms in total. The Balaban J connectivity index is 1.98. The molecule has 1 aromatic carbocycles. The van der Waals surface area contributed by atoms with E-state index >= 15 is 0 Å². The number of amides is 1. The summed E-state index contributed by atoms with van der Waals surface area (Å²) < 4.78 is 38.2. The zero-order valence-corrected chi connectivity index (χ0v) is 11.7. The third-order valence-corrected chi connectivity index (χ3v) is 4.69. The van der Waals surface area contributed by atoms with Crippen LogP contribution in [-0.4, -0.2) is 33.6 Å². The first-order chi connectivity index (χ1) is 9.39. The minimum atomic E-state index is -4.44. The van der Waals surface area contributed by atoms with Gasteiger partial charge in [0.05, 0.1) is 17.1 Å². The fourth-order valence-electron chi connectivity index (χ4n) is 2.27. The summed E-state index contributed by atoms with van der Waals surface area (Å²) in [4.78, 5) is 15.2. The summed E-state index contributed by atoms with van der Waals surface area (Å²) in [5.74, 6) is 0.971. The quantitative estimate of drug-likeness (QED) is 0.743. The minimum absolute atomic E-state index is 0.175. The van der Waals surface area contributed by atoms with Crippen LogP contribution < -0.4 is 4.90 Å². The topological polar surface area (TPSA) is 23.6 Å². The molecule has 2 aliphatic heterocycles. The highest BCUT2D eigenvalue weighted by Crippen LogP contribution is 2.36. The number of thiocarbonyl (C=S) groups is 1. The van der Waals surface area contributed by atoms with E-state index < -0.39 is 11.7 Å². The Bertz CT molecular complexity index is 568. The third-order valence-electron chi connectivity index (χ3n) is 3.26. The number of hydrogen-bond donors (Lipinski definition) is 0. The molecular formula is C12H9F3N2OS2. The highest BCUT2D eigenvalue weighted by Gasteiger charge is 2.46. The standard InChI is InChI=1S/C12H9F3N2OS2/c13-12(14,15)7-2-1-3-8(4-7)17-10(18)9-5-20-6-16(9)11(17)19/h1-4,9H,5-6H2/t9-/m1/s1. The Morgan fingerprint density at radius 3 is 2.75 bits per heavy atom. The smallest absolute Gasteiger partial charge is 0.326 e. The number of thioether (sulfide) groups is 1. The van der Waals surface area contributed by atoms with Crippen LogP contribution in [0.4, 0.5) is 18.9 Å². The van der Waals surface area contributed by atoms with Gasteiger partial charge in [0.2, 0.25) is 0 Å². The van der Waals surface area contributed by atoms with Crippen LogP contribution in [0.25, 0.3) is 0 Å². The molecule has 0 radical (unpaired) electrons. The van der Waals surface area contributed by atoms with Crippen molar-refractivity contribution in [1.29, 1.82) is 0 Å². The van der Waals surface area contributed by atoms with Crippen LogP contribution in [0.3, 0.4) is 0 Å². The van der Waals surface area contributed by atoms with Gasteiger partial charge in [0.1, 0.15) is 6.04 Å². The van der Waals surface area contributed by atoms with Crippen LogP contribution in [0.1, 0.15) is 5.56 Å². The summed E-state index contributed by atoms with van der Waals surface area (Å²) in [6.07, 6.45) is -4.44. The van der Waals surface area contributed by atoms with Gasteiger partial charge in [-0.3, -0.25) is 9.69 Å². The Hall–Kier alpha value is -1.28. The van der Waals surface area contributed by atoms with Gasteiger partial charge in [-0.05, 0) is 30.4 Å². The Morgan fingerprint density at radius 2 is 2.10 bits per heavy atom. The fourth-order valence-corrected chi connectivity index (χ4v) is 3.89. The van der Waals surface area contributed by atoms with Crippen LogP contribution >= 0.6 is 24.0 Å². The first kappa shape index (κ1) is 13.7. The number of halogens is 3. The number of fused-ring (bicyclic) bond motifs is 1. The van der Waals surface area contributed by atoms with Crippen molar-refractivity contribution >= 4 is 40.7 Å². The predicted molar refractivity (Wildman–Crippen MR) is 74.5 cm³/mol. The first-order valence-electron chi connectivity index (χ1n) is 5.79. The van der Waals surface area contributed by atoms with Crippen molar-refractivity contribution in [2.24, 2.45) is 0 Å². The molecule has 0 aromatic heterocycles. The molecule has 0 N–H and O–H groups in total. The van der Waals surface area contributed by atoms with Crippen LogP contribution in [-0.2, 0) is 11.0 Å². The van der Waals surface area contributed by atoms with E-state index in [2.05, 4.69) is 0 Å². The van der Waals surface area contributed by atoms with Gasteiger partial charge in [-0.1, -0.05) is 6.07 Å². The molecule has 0 aliphatic carbocycles. The molecule has 2 heterocycles. The van der Waals surface area contributed by atoms with Crippen molar-refractivity contribution < 1.29 is 18.0 Å². The molecule has 1 atom stereocenters. The van der Waals surface area contributed by atoms with Gasteiger partial charge in [-0.15, -0.1) is 11.8 Å². The monoisotopic (exact) mass is 318 g/mol. The number of nitrogens with zero attached hydrogens (tertiary/aromatic N) is 2. The summed E-state index contributed by atoms with van der Waals surface area (Å²) in [6.45, 7) is 0. The number of anilines is 1. The molecule has 0 saturated carbocycles. The van der Waals surface area contributed by atoms with Gasteiger partial charge in [-0.25, -0.2) is 0 Å². The molecule has 0 bridgehead atoms. The average molecular weight is 318 g/mol. The van der Waals surface area contributed by atoms with E-state index in [9.17, 15) is 18.0 Å². The molecule has 2 saturated heterocycles. The summed E-state index contributed by atoms with van der Waals surface area (Å²) >= 11 is 6.80. The van der Waals surface area contributed by atoms with Gasteiger partial charge < -0.3 is 4.90 Å². The molecule has 106 valence electrons. The maximum atomic E-state index is 12.7. The van der Waals surface area contributed by atoms with Crippen molar-refractivity contribution in [3.8, 4) is 0 Å². The van der Waals surface area contributed by atoms with Gasteiger partial charge in [0.25, 0.3) is 5.91 Å². The normalized spacial score (nSPS) is 22.6. The molecule has 20 heavy (non-hydrogen) atoms. The van der Waals surface area contributed by atoms with Gasteiger partial charge >= 0.3 is 6.18 Å². The minimum Gasteiger partial charge on any atom is -0.326 e. The van der Waals surface area contributed by atoms with Crippen LogP contribution in [0.2, 0.25) is 0 Å². The van der Waals surface area contributed by atoms with E-state index in [0.717, 1.165) is 12.1 Å². The molecule has 2 fully saturated rings. The van der Waals surface area contributed by atoms with Crippen LogP contribution in [0, 0.1) is 0 Å². The maximum absolute atomic E-state index is 12.7. The lowest BCUT2D eigenvalue weighted by Gasteiger charge is -2.19. The van der Waals surface area contributed by atoms with Crippen molar-refractivity contribution in [3.05, 3.63) is 29.8 Å². The summed E-state index contributed by atoms with van der Waals surface area (Å²) in [5.41, 5.74) is -0.610. The summed E-state index contributed by atoms with van der Waals surface area (Å²) in [6, 6.07) is 4.34. The molecule has 0 unspecified atom stereocenters. The Morgan fingerprint density at radius 1 is 1.35 bits per heavy atom. The second-order valence-electron chi connectivity index (χ2n) is 4.49. The zero-order chi connectivity index (χ0) is 14.5. The molecule has 1 amide bonds. The second-order valence-corrected chi connectivity index (χ2v) is 5.85. The van der Waals surface area contributed by atoms with Crippen molar-refractivity contribution in [3.63, 3.8) is 0 Å². The highest BCUT2D eigenvalue weighted by atomic mass is 32.2. The number of hydrogen-bond acceptors (Lipinski definition) is 3. The van der Waals surface area contributed by atoms with E-state index in [1.54, 1.807) is 16.7 Å². The third kappa shape index (κ3) is 2.07. The van der Waals surface area contributed by atoms with Crippen LogP contribution in [0.15, 0.2) is 24.3 Å². The van der Waals surface area contributed by atoms with Crippen molar-refractivity contribution in [1.82, 2.24) is 4.90 Å².